The van der Waals surface area contributed by atoms with Gasteiger partial charge in [0, 0.05) is 29.8 Å². The van der Waals surface area contributed by atoms with E-state index in [-0.39, 0.29) is 41.0 Å². The summed E-state index contributed by atoms with van der Waals surface area (Å²) in [4.78, 5) is 3.83. The zero-order valence-corrected chi connectivity index (χ0v) is 19.2. The first kappa shape index (κ1) is 23.8. The maximum atomic E-state index is 15.1. The number of aliphatic hydroxyl groups is 1. The van der Waals surface area contributed by atoms with Gasteiger partial charge < -0.3 is 9.52 Å². The number of aliphatic hydroxyl groups excluding tert-OH is 1. The van der Waals surface area contributed by atoms with Crippen LogP contribution in [0.1, 0.15) is 31.2 Å². The molecule has 0 spiro atoms. The molecule has 0 unspecified atom stereocenters. The van der Waals surface area contributed by atoms with Crippen LogP contribution in [-0.4, -0.2) is 35.5 Å². The van der Waals surface area contributed by atoms with Crippen LogP contribution in [0.3, 0.4) is 0 Å². The average molecular weight is 497 g/mol. The second-order valence-electron chi connectivity index (χ2n) is 8.04. The second-order valence-corrected chi connectivity index (χ2v) is 10.4. The van der Waals surface area contributed by atoms with Crippen molar-refractivity contribution in [3.8, 4) is 11.5 Å². The minimum atomic E-state index is -4.10. The van der Waals surface area contributed by atoms with Crippen LogP contribution in [0.15, 0.2) is 58.2 Å². The third kappa shape index (κ3) is 4.82. The molecule has 33 heavy (non-hydrogen) atoms. The highest BCUT2D eigenvalue weighted by atomic mass is 35.5. The van der Waals surface area contributed by atoms with Gasteiger partial charge in [0.05, 0.1) is 16.7 Å². The lowest BCUT2D eigenvalue weighted by atomic mass is 9.85. The predicted molar refractivity (Wildman–Crippen MR) is 119 cm³/mol. The van der Waals surface area contributed by atoms with Crippen molar-refractivity contribution in [3.05, 3.63) is 71.1 Å². The van der Waals surface area contributed by atoms with Gasteiger partial charge in [-0.25, -0.2) is 22.2 Å². The first-order chi connectivity index (χ1) is 15.8. The summed E-state index contributed by atoms with van der Waals surface area (Å²) in [5.74, 6) is -2.71. The van der Waals surface area contributed by atoms with Crippen LogP contribution in [0.4, 0.5) is 8.78 Å². The van der Waals surface area contributed by atoms with Gasteiger partial charge in [-0.3, -0.25) is 0 Å². The van der Waals surface area contributed by atoms with E-state index >= 15 is 4.39 Å². The third-order valence-corrected chi connectivity index (χ3v) is 8.18. The van der Waals surface area contributed by atoms with Crippen LogP contribution in [0, 0.1) is 17.6 Å². The summed E-state index contributed by atoms with van der Waals surface area (Å²) in [5.41, 5.74) is -0.276. The van der Waals surface area contributed by atoms with E-state index in [0.29, 0.717) is 17.9 Å². The van der Waals surface area contributed by atoms with Crippen LogP contribution in [0.25, 0.3) is 11.5 Å². The Morgan fingerprint density at radius 3 is 2.48 bits per heavy atom. The molecule has 1 N–H and O–H groups in total. The molecule has 2 aromatic carbocycles. The molecular weight excluding hydrogens is 474 g/mol. The van der Waals surface area contributed by atoms with Crippen molar-refractivity contribution in [2.45, 2.75) is 43.2 Å². The van der Waals surface area contributed by atoms with Crippen molar-refractivity contribution in [1.82, 2.24) is 9.29 Å². The molecule has 1 aliphatic rings. The van der Waals surface area contributed by atoms with Gasteiger partial charge in [-0.1, -0.05) is 30.5 Å². The molecule has 3 aromatic rings. The Kier molecular flexibility index (Phi) is 7.13. The van der Waals surface area contributed by atoms with Crippen LogP contribution < -0.4 is 0 Å². The van der Waals surface area contributed by atoms with Crippen LogP contribution in [0.2, 0.25) is 5.02 Å². The van der Waals surface area contributed by atoms with E-state index in [4.69, 9.17) is 16.0 Å². The van der Waals surface area contributed by atoms with Crippen molar-refractivity contribution < 1.29 is 26.7 Å². The number of hydrogen-bond acceptors (Lipinski definition) is 5. The zero-order chi connectivity index (χ0) is 23.6. The van der Waals surface area contributed by atoms with Crippen molar-refractivity contribution in [3.63, 3.8) is 0 Å². The molecule has 0 radical (unpaired) electrons. The normalized spacial score (nSPS) is 19.2. The lowest BCUT2D eigenvalue weighted by Crippen LogP contribution is -2.46. The second kappa shape index (κ2) is 9.89. The van der Waals surface area contributed by atoms with Gasteiger partial charge in [0.25, 0.3) is 0 Å². The largest absolute Gasteiger partial charge is 0.444 e. The SMILES string of the molecule is O=S(=O)(c1ccc(Cl)cc1)N(Cc1ccc(-c2ncco2)c(F)c1F)[C@@H]1CCCC[C@H]1CO. The van der Waals surface area contributed by atoms with Crippen molar-refractivity contribution >= 4 is 21.6 Å². The molecule has 176 valence electrons. The molecule has 2 atom stereocenters. The molecule has 10 heteroatoms. The van der Waals surface area contributed by atoms with Crippen molar-refractivity contribution in [2.24, 2.45) is 5.92 Å². The highest BCUT2D eigenvalue weighted by Crippen LogP contribution is 2.35. The fourth-order valence-electron chi connectivity index (χ4n) is 4.30. The number of oxazole rings is 1. The third-order valence-electron chi connectivity index (χ3n) is 6.04. The number of aromatic nitrogens is 1. The van der Waals surface area contributed by atoms with Crippen molar-refractivity contribution in [2.75, 3.05) is 6.61 Å². The Morgan fingerprint density at radius 2 is 1.82 bits per heavy atom. The Hall–Kier alpha value is -2.33. The average Bonchev–Trinajstić information content (AvgIpc) is 3.35. The van der Waals surface area contributed by atoms with Gasteiger partial charge in [0.2, 0.25) is 15.9 Å². The summed E-state index contributed by atoms with van der Waals surface area (Å²) in [7, 11) is -4.10. The van der Waals surface area contributed by atoms with Gasteiger partial charge in [-0.15, -0.1) is 0 Å². The van der Waals surface area contributed by atoms with E-state index in [9.17, 15) is 17.9 Å². The van der Waals surface area contributed by atoms with E-state index in [1.165, 1.54) is 53.2 Å². The lowest BCUT2D eigenvalue weighted by Gasteiger charge is -2.38. The summed E-state index contributed by atoms with van der Waals surface area (Å²) in [6.07, 6.45) is 5.36. The number of benzene rings is 2. The summed E-state index contributed by atoms with van der Waals surface area (Å²) >= 11 is 5.92. The molecule has 1 aliphatic carbocycles. The standard InChI is InChI=1S/C23H23ClF2N2O4S/c24-17-6-8-18(9-7-17)33(30,31)28(20-4-2-1-3-16(20)14-29)13-15-5-10-19(22(26)21(15)25)23-27-11-12-32-23/h5-12,16,20,29H,1-4,13-14H2/t16-,20+/m0/s1. The molecule has 6 nitrogen and oxygen atoms in total. The molecule has 0 amide bonds. The minimum absolute atomic E-state index is 0.00792. The van der Waals surface area contributed by atoms with E-state index < -0.39 is 27.7 Å². The molecule has 1 fully saturated rings. The van der Waals surface area contributed by atoms with Gasteiger partial charge in [-0.05, 0) is 49.1 Å². The Labute approximate surface area is 195 Å². The van der Waals surface area contributed by atoms with Gasteiger partial charge >= 0.3 is 0 Å². The number of hydrogen-bond donors (Lipinski definition) is 1. The van der Waals surface area contributed by atoms with Gasteiger partial charge in [-0.2, -0.15) is 4.31 Å². The molecule has 0 bridgehead atoms. The minimum Gasteiger partial charge on any atom is -0.444 e. The van der Waals surface area contributed by atoms with Crippen molar-refractivity contribution in [1.29, 1.82) is 0 Å². The van der Waals surface area contributed by atoms with E-state index in [1.54, 1.807) is 0 Å². The molecule has 1 heterocycles. The van der Waals surface area contributed by atoms with E-state index in [0.717, 1.165) is 12.8 Å². The molecule has 1 aromatic heterocycles. The number of sulfonamides is 1. The maximum absolute atomic E-state index is 15.1. The number of halogens is 3. The van der Waals surface area contributed by atoms with E-state index in [1.807, 2.05) is 0 Å². The Balaban J connectivity index is 1.75. The molecule has 0 saturated heterocycles. The molecule has 1 saturated carbocycles. The quantitative estimate of drug-likeness (QED) is 0.497. The Morgan fingerprint density at radius 1 is 1.09 bits per heavy atom. The molecule has 0 aliphatic heterocycles. The zero-order valence-electron chi connectivity index (χ0n) is 17.6. The summed E-state index contributed by atoms with van der Waals surface area (Å²) in [6.45, 7) is -0.585. The lowest BCUT2D eigenvalue weighted by molar-refractivity contribution is 0.109. The summed E-state index contributed by atoms with van der Waals surface area (Å²) in [5, 5.41) is 10.3. The van der Waals surface area contributed by atoms with E-state index in [2.05, 4.69) is 4.98 Å². The fourth-order valence-corrected chi connectivity index (χ4v) is 6.12. The fraction of sp³-hybridized carbons (Fsp3) is 0.348. The molecular formula is C23H23ClF2N2O4S. The first-order valence-electron chi connectivity index (χ1n) is 10.6. The topological polar surface area (TPSA) is 83.6 Å². The molecule has 4 rings (SSSR count). The Bertz CT molecular complexity index is 1200. The van der Waals surface area contributed by atoms with Gasteiger partial charge in [0.15, 0.2) is 11.6 Å². The summed E-state index contributed by atoms with van der Waals surface area (Å²) in [6, 6.07) is 7.77. The predicted octanol–water partition coefficient (Wildman–Crippen LogP) is 5.02. The summed E-state index contributed by atoms with van der Waals surface area (Å²) < 4.78 is 63.4. The first-order valence-corrected chi connectivity index (χ1v) is 12.4. The van der Waals surface area contributed by atoms with Crippen LogP contribution in [0.5, 0.6) is 0 Å². The number of nitrogens with zero attached hydrogens (tertiary/aromatic N) is 2. The monoisotopic (exact) mass is 496 g/mol. The van der Waals surface area contributed by atoms with Gasteiger partial charge in [0.1, 0.15) is 6.26 Å². The smallest absolute Gasteiger partial charge is 0.243 e. The maximum Gasteiger partial charge on any atom is 0.243 e. The highest BCUT2D eigenvalue weighted by molar-refractivity contribution is 7.89. The highest BCUT2D eigenvalue weighted by Gasteiger charge is 2.38. The van der Waals surface area contributed by atoms with Crippen LogP contribution in [-0.2, 0) is 16.6 Å². The number of rotatable bonds is 7. The van der Waals surface area contributed by atoms with Crippen LogP contribution >= 0.6 is 11.6 Å².